The molecule has 1 unspecified atom stereocenters. The predicted octanol–water partition coefficient (Wildman–Crippen LogP) is 3.04. The second-order valence-electron chi connectivity index (χ2n) is 4.75. The lowest BCUT2D eigenvalue weighted by Gasteiger charge is -2.23. The molecule has 106 valence electrons. The Kier molecular flexibility index (Phi) is 3.35. The lowest BCUT2D eigenvalue weighted by Crippen LogP contribution is -2.15. The Labute approximate surface area is 126 Å². The van der Waals surface area contributed by atoms with Gasteiger partial charge in [-0.25, -0.2) is 0 Å². The highest BCUT2D eigenvalue weighted by Crippen LogP contribution is 2.44. The maximum Gasteiger partial charge on any atom is 0.244 e. The molecule has 5 nitrogen and oxygen atoms in total. The summed E-state index contributed by atoms with van der Waals surface area (Å²) >= 11 is 1.68. The maximum atomic E-state index is 9.48. The van der Waals surface area contributed by atoms with Crippen LogP contribution in [0.4, 0.5) is 5.82 Å². The van der Waals surface area contributed by atoms with Crippen LogP contribution in [0.25, 0.3) is 0 Å². The van der Waals surface area contributed by atoms with Crippen LogP contribution in [0.1, 0.15) is 24.0 Å². The smallest absolute Gasteiger partial charge is 0.244 e. The second-order valence-corrected chi connectivity index (χ2v) is 5.63. The number of hydrogen-bond donors (Lipinski definition) is 2. The van der Waals surface area contributed by atoms with Crippen molar-refractivity contribution in [3.63, 3.8) is 0 Å². The van der Waals surface area contributed by atoms with Crippen LogP contribution in [0.3, 0.4) is 0 Å². The molecular weight excluding hydrogens is 284 g/mol. The minimum absolute atomic E-state index is 0.242. The van der Waals surface area contributed by atoms with Gasteiger partial charge < -0.3 is 10.5 Å². The van der Waals surface area contributed by atoms with Crippen LogP contribution in [0.5, 0.6) is 5.88 Å². The van der Waals surface area contributed by atoms with Gasteiger partial charge >= 0.3 is 0 Å². The number of hydrogen-bond acceptors (Lipinski definition) is 5. The normalized spacial score (nSPS) is 17.1. The van der Waals surface area contributed by atoms with Gasteiger partial charge in [-0.05, 0) is 30.9 Å². The number of benzene rings is 1. The topological polar surface area (TPSA) is 87.7 Å². The van der Waals surface area contributed by atoms with Crippen LogP contribution < -0.4 is 10.5 Å². The summed E-state index contributed by atoms with van der Waals surface area (Å²) in [5.41, 5.74) is 8.27. The van der Waals surface area contributed by atoms with Crippen molar-refractivity contribution in [1.82, 2.24) is 10.2 Å². The monoisotopic (exact) mass is 298 g/mol. The number of rotatable bonds is 2. The summed E-state index contributed by atoms with van der Waals surface area (Å²) in [4.78, 5) is 1.17. The first kappa shape index (κ1) is 13.6. The van der Waals surface area contributed by atoms with Crippen molar-refractivity contribution < 1.29 is 4.74 Å². The first-order valence-corrected chi connectivity index (χ1v) is 7.64. The van der Waals surface area contributed by atoms with Gasteiger partial charge in [0.05, 0.1) is 23.1 Å². The van der Waals surface area contributed by atoms with E-state index >= 15 is 0 Å². The third-order valence-corrected chi connectivity index (χ3v) is 4.32. The van der Waals surface area contributed by atoms with E-state index < -0.39 is 0 Å². The molecule has 1 aliphatic heterocycles. The first-order chi connectivity index (χ1) is 10.2. The molecular formula is C15H14N4OS. The third kappa shape index (κ3) is 2.16. The second kappa shape index (κ2) is 5.19. The molecule has 2 aromatic rings. The molecule has 0 spiro atoms. The zero-order valence-electron chi connectivity index (χ0n) is 11.7. The Morgan fingerprint density at radius 2 is 2.10 bits per heavy atom. The van der Waals surface area contributed by atoms with Gasteiger partial charge in [-0.3, -0.25) is 5.10 Å². The van der Waals surface area contributed by atoms with Crippen LogP contribution in [0, 0.1) is 11.3 Å². The Hall–Kier alpha value is -2.39. The molecule has 0 saturated carbocycles. The number of nitrogens with zero attached hydrogens (tertiary/aromatic N) is 2. The number of nitrogen functional groups attached to an aromatic ring is 1. The van der Waals surface area contributed by atoms with Crippen molar-refractivity contribution in [3.8, 4) is 11.9 Å². The van der Waals surface area contributed by atoms with E-state index in [-0.39, 0.29) is 5.92 Å². The number of aromatic nitrogens is 2. The zero-order chi connectivity index (χ0) is 15.0. The molecule has 3 rings (SSSR count). The van der Waals surface area contributed by atoms with Gasteiger partial charge in [-0.15, -0.1) is 16.9 Å². The molecule has 0 bridgehead atoms. The average Bonchev–Trinajstić information content (AvgIpc) is 2.87. The van der Waals surface area contributed by atoms with Gasteiger partial charge in [0, 0.05) is 4.90 Å². The van der Waals surface area contributed by atoms with Crippen LogP contribution in [0.2, 0.25) is 0 Å². The van der Waals surface area contributed by atoms with Crippen LogP contribution in [-0.2, 0) is 0 Å². The number of aromatic amines is 1. The molecule has 0 aliphatic carbocycles. The van der Waals surface area contributed by atoms with Crippen molar-refractivity contribution in [2.45, 2.75) is 17.7 Å². The molecule has 0 fully saturated rings. The van der Waals surface area contributed by atoms with Gasteiger partial charge in [0.1, 0.15) is 11.6 Å². The molecule has 1 atom stereocenters. The summed E-state index contributed by atoms with van der Waals surface area (Å²) in [6, 6.07) is 10.3. The maximum absolute atomic E-state index is 9.48. The Morgan fingerprint density at radius 3 is 2.71 bits per heavy atom. The SMILES string of the molecule is CSc1ccc(C2C(C#N)=C(C)Oc3n[nH]c(N)c32)cc1. The Bertz CT molecular complexity index is 755. The van der Waals surface area contributed by atoms with Crippen molar-refractivity contribution in [1.29, 1.82) is 5.26 Å². The fourth-order valence-electron chi connectivity index (χ4n) is 2.52. The summed E-state index contributed by atoms with van der Waals surface area (Å²) in [5, 5.41) is 16.3. The van der Waals surface area contributed by atoms with E-state index in [4.69, 9.17) is 10.5 Å². The molecule has 2 heterocycles. The van der Waals surface area contributed by atoms with E-state index in [0.717, 1.165) is 11.1 Å². The van der Waals surface area contributed by atoms with E-state index in [2.05, 4.69) is 16.3 Å². The molecule has 1 aromatic heterocycles. The minimum Gasteiger partial charge on any atom is -0.441 e. The standard InChI is InChI=1S/C15H14N4OS/c1-8-11(7-16)12(9-3-5-10(21-2)6-4-9)13-14(17)18-19-15(13)20-8/h3-6,12H,1-2H3,(H3,17,18,19). The van der Waals surface area contributed by atoms with Gasteiger partial charge in [0.25, 0.3) is 0 Å². The third-order valence-electron chi connectivity index (χ3n) is 3.57. The van der Waals surface area contributed by atoms with Crippen LogP contribution >= 0.6 is 11.8 Å². The molecule has 0 saturated heterocycles. The summed E-state index contributed by atoms with van der Waals surface area (Å²) in [6.45, 7) is 1.77. The highest BCUT2D eigenvalue weighted by molar-refractivity contribution is 7.98. The Morgan fingerprint density at radius 1 is 1.38 bits per heavy atom. The quantitative estimate of drug-likeness (QED) is 0.832. The van der Waals surface area contributed by atoms with Gasteiger partial charge in [0.15, 0.2) is 0 Å². The molecule has 0 amide bonds. The predicted molar refractivity (Wildman–Crippen MR) is 82.0 cm³/mol. The first-order valence-electron chi connectivity index (χ1n) is 6.42. The zero-order valence-corrected chi connectivity index (χ0v) is 12.5. The minimum atomic E-state index is -0.242. The molecule has 6 heteroatoms. The summed E-state index contributed by atoms with van der Waals surface area (Å²) in [5.74, 6) is 1.20. The highest BCUT2D eigenvalue weighted by atomic mass is 32.2. The number of nitrogens with one attached hydrogen (secondary N) is 1. The van der Waals surface area contributed by atoms with Gasteiger partial charge in [0.2, 0.25) is 5.88 Å². The van der Waals surface area contributed by atoms with Gasteiger partial charge in [-0.2, -0.15) is 5.26 Å². The summed E-state index contributed by atoms with van der Waals surface area (Å²) in [6.07, 6.45) is 2.03. The van der Waals surface area contributed by atoms with Crippen LogP contribution in [-0.4, -0.2) is 16.5 Å². The van der Waals surface area contributed by atoms with E-state index in [1.165, 1.54) is 4.90 Å². The fourth-order valence-corrected chi connectivity index (χ4v) is 2.93. The number of fused-ring (bicyclic) bond motifs is 1. The van der Waals surface area contributed by atoms with E-state index in [9.17, 15) is 5.26 Å². The Balaban J connectivity index is 2.17. The fraction of sp³-hybridized carbons (Fsp3) is 0.200. The average molecular weight is 298 g/mol. The van der Waals surface area contributed by atoms with E-state index in [1.54, 1.807) is 18.7 Å². The van der Waals surface area contributed by atoms with E-state index in [1.807, 2.05) is 30.5 Å². The summed E-state index contributed by atoms with van der Waals surface area (Å²) < 4.78 is 5.58. The van der Waals surface area contributed by atoms with E-state index in [0.29, 0.717) is 23.0 Å². The van der Waals surface area contributed by atoms with Crippen molar-refractivity contribution >= 4 is 17.6 Å². The number of thioether (sulfide) groups is 1. The van der Waals surface area contributed by atoms with Crippen molar-refractivity contribution in [3.05, 3.63) is 46.7 Å². The number of H-pyrrole nitrogens is 1. The lowest BCUT2D eigenvalue weighted by atomic mass is 9.84. The molecule has 3 N–H and O–H groups in total. The molecule has 1 aromatic carbocycles. The van der Waals surface area contributed by atoms with Gasteiger partial charge in [-0.1, -0.05) is 12.1 Å². The number of nitrogens with two attached hydrogens (primary N) is 1. The summed E-state index contributed by atoms with van der Waals surface area (Å²) in [7, 11) is 0. The number of ether oxygens (including phenoxy) is 1. The molecule has 0 radical (unpaired) electrons. The highest BCUT2D eigenvalue weighted by Gasteiger charge is 2.33. The lowest BCUT2D eigenvalue weighted by molar-refractivity contribution is 0.386. The number of nitriles is 1. The van der Waals surface area contributed by atoms with Crippen molar-refractivity contribution in [2.24, 2.45) is 0 Å². The molecule has 21 heavy (non-hydrogen) atoms. The largest absolute Gasteiger partial charge is 0.441 e. The molecule has 1 aliphatic rings. The number of allylic oxidation sites excluding steroid dienone is 2. The van der Waals surface area contributed by atoms with Crippen LogP contribution in [0.15, 0.2) is 40.5 Å². The van der Waals surface area contributed by atoms with Crippen molar-refractivity contribution in [2.75, 3.05) is 12.0 Å². The number of anilines is 1.